The number of carbonyl (C=O) groups excluding carboxylic acids is 1. The summed E-state index contributed by atoms with van der Waals surface area (Å²) >= 11 is 0. The Kier molecular flexibility index (Phi) is 3.84. The van der Waals surface area contributed by atoms with Gasteiger partial charge in [-0.2, -0.15) is 0 Å². The Morgan fingerprint density at radius 1 is 1.35 bits per heavy atom. The third-order valence-corrected chi connectivity index (χ3v) is 3.37. The van der Waals surface area contributed by atoms with Crippen molar-refractivity contribution < 1.29 is 4.79 Å². The van der Waals surface area contributed by atoms with E-state index >= 15 is 0 Å². The first kappa shape index (κ1) is 14.0. The van der Waals surface area contributed by atoms with Gasteiger partial charge in [-0.15, -0.1) is 12.4 Å². The summed E-state index contributed by atoms with van der Waals surface area (Å²) in [7, 11) is 1.84. The summed E-state index contributed by atoms with van der Waals surface area (Å²) in [5.41, 5.74) is 8.48. The van der Waals surface area contributed by atoms with Crippen molar-refractivity contribution in [3.8, 4) is 0 Å². The monoisotopic (exact) mass is 254 g/mol. The maximum absolute atomic E-state index is 12.1. The minimum atomic E-state index is -0.397. The van der Waals surface area contributed by atoms with Crippen molar-refractivity contribution in [2.24, 2.45) is 5.73 Å². The van der Waals surface area contributed by atoms with E-state index in [2.05, 4.69) is 18.2 Å². The van der Waals surface area contributed by atoms with Crippen LogP contribution in [-0.4, -0.2) is 19.5 Å². The van der Waals surface area contributed by atoms with Crippen LogP contribution in [0, 0.1) is 0 Å². The van der Waals surface area contributed by atoms with Crippen LogP contribution in [-0.2, 0) is 16.6 Å². The Hall–Kier alpha value is -1.06. The molecule has 0 aromatic heterocycles. The highest BCUT2D eigenvalue weighted by molar-refractivity contribution is 6.07. The Balaban J connectivity index is 0.00000144. The predicted octanol–water partition coefficient (Wildman–Crippen LogP) is 1.86. The summed E-state index contributed by atoms with van der Waals surface area (Å²) in [6.07, 6.45) is 0.857. The molecule has 0 fully saturated rings. The number of rotatable bonds is 2. The van der Waals surface area contributed by atoms with E-state index in [1.165, 1.54) is 5.56 Å². The van der Waals surface area contributed by atoms with Gasteiger partial charge >= 0.3 is 0 Å². The van der Waals surface area contributed by atoms with Crippen molar-refractivity contribution in [2.75, 3.05) is 18.5 Å². The van der Waals surface area contributed by atoms with Gasteiger partial charge in [0.2, 0.25) is 5.91 Å². The molecule has 2 rings (SSSR count). The van der Waals surface area contributed by atoms with Crippen LogP contribution in [0.1, 0.15) is 25.0 Å². The zero-order valence-corrected chi connectivity index (χ0v) is 11.3. The highest BCUT2D eigenvalue weighted by atomic mass is 35.5. The molecule has 0 unspecified atom stereocenters. The number of amides is 1. The number of hydrogen-bond acceptors (Lipinski definition) is 2. The van der Waals surface area contributed by atoms with Gasteiger partial charge in [0.25, 0.3) is 0 Å². The number of nitrogens with two attached hydrogens (primary N) is 1. The van der Waals surface area contributed by atoms with Crippen molar-refractivity contribution in [2.45, 2.75) is 25.7 Å². The van der Waals surface area contributed by atoms with Gasteiger partial charge in [0.15, 0.2) is 0 Å². The van der Waals surface area contributed by atoms with Crippen LogP contribution in [0.5, 0.6) is 0 Å². The van der Waals surface area contributed by atoms with E-state index in [4.69, 9.17) is 5.73 Å². The Bertz CT molecular complexity index is 443. The van der Waals surface area contributed by atoms with Gasteiger partial charge in [0, 0.05) is 12.7 Å². The van der Waals surface area contributed by atoms with Gasteiger partial charge in [-0.25, -0.2) is 0 Å². The lowest BCUT2D eigenvalue weighted by molar-refractivity contribution is -0.121. The van der Waals surface area contributed by atoms with Crippen molar-refractivity contribution in [3.63, 3.8) is 0 Å². The van der Waals surface area contributed by atoms with E-state index in [0.29, 0.717) is 6.54 Å². The molecule has 0 bridgehead atoms. The standard InChI is InChI=1S/C13H18N2O.ClH/c1-13(2)10-5-4-9(6-7-14)8-11(10)15(3)12(13)16;/h4-5,8H,6-7,14H2,1-3H3;1H. The fraction of sp³-hybridized carbons (Fsp3) is 0.462. The van der Waals surface area contributed by atoms with Crippen molar-refractivity contribution in [3.05, 3.63) is 29.3 Å². The van der Waals surface area contributed by atoms with E-state index in [1.807, 2.05) is 20.9 Å². The van der Waals surface area contributed by atoms with Crippen LogP contribution in [0.2, 0.25) is 0 Å². The Morgan fingerprint density at radius 3 is 2.59 bits per heavy atom. The minimum absolute atomic E-state index is 0. The number of likely N-dealkylation sites (N-methyl/N-ethyl adjacent to an activating group) is 1. The lowest BCUT2D eigenvalue weighted by Gasteiger charge is -2.16. The number of halogens is 1. The summed E-state index contributed by atoms with van der Waals surface area (Å²) < 4.78 is 0. The zero-order chi connectivity index (χ0) is 11.9. The van der Waals surface area contributed by atoms with Crippen molar-refractivity contribution in [1.29, 1.82) is 0 Å². The maximum Gasteiger partial charge on any atom is 0.236 e. The first-order valence-electron chi connectivity index (χ1n) is 5.60. The fourth-order valence-corrected chi connectivity index (χ4v) is 2.35. The number of fused-ring (bicyclic) bond motifs is 1. The Morgan fingerprint density at radius 2 is 2.00 bits per heavy atom. The number of anilines is 1. The molecule has 17 heavy (non-hydrogen) atoms. The second kappa shape index (κ2) is 4.67. The maximum atomic E-state index is 12.1. The summed E-state index contributed by atoms with van der Waals surface area (Å²) in [5.74, 6) is 0.160. The second-order valence-electron chi connectivity index (χ2n) is 4.88. The van der Waals surface area contributed by atoms with E-state index in [1.54, 1.807) is 4.90 Å². The van der Waals surface area contributed by atoms with Crippen LogP contribution in [0.15, 0.2) is 18.2 Å². The van der Waals surface area contributed by atoms with Gasteiger partial charge in [0.1, 0.15) is 0 Å². The van der Waals surface area contributed by atoms with Crippen LogP contribution >= 0.6 is 12.4 Å². The number of hydrogen-bond donors (Lipinski definition) is 1. The van der Waals surface area contributed by atoms with Crippen LogP contribution in [0.4, 0.5) is 5.69 Å². The van der Waals surface area contributed by atoms with Gasteiger partial charge in [-0.3, -0.25) is 4.79 Å². The average Bonchev–Trinajstić information content (AvgIpc) is 2.41. The first-order chi connectivity index (χ1) is 7.48. The second-order valence-corrected chi connectivity index (χ2v) is 4.88. The van der Waals surface area contributed by atoms with Gasteiger partial charge < -0.3 is 10.6 Å². The normalized spacial score (nSPS) is 16.7. The van der Waals surface area contributed by atoms with Gasteiger partial charge in [0.05, 0.1) is 5.41 Å². The predicted molar refractivity (Wildman–Crippen MR) is 72.9 cm³/mol. The Labute approximate surface area is 108 Å². The summed E-state index contributed by atoms with van der Waals surface area (Å²) in [5, 5.41) is 0. The topological polar surface area (TPSA) is 46.3 Å². The molecule has 1 aromatic carbocycles. The molecule has 1 heterocycles. The van der Waals surface area contributed by atoms with Crippen LogP contribution in [0.3, 0.4) is 0 Å². The number of nitrogens with zero attached hydrogens (tertiary/aromatic N) is 1. The largest absolute Gasteiger partial charge is 0.330 e. The number of carbonyl (C=O) groups is 1. The van der Waals surface area contributed by atoms with E-state index in [-0.39, 0.29) is 18.3 Å². The molecule has 0 spiro atoms. The molecular formula is C13H19ClN2O. The van der Waals surface area contributed by atoms with Crippen LogP contribution < -0.4 is 10.6 Å². The first-order valence-corrected chi connectivity index (χ1v) is 5.60. The molecule has 0 atom stereocenters. The number of benzene rings is 1. The fourth-order valence-electron chi connectivity index (χ4n) is 2.35. The molecule has 2 N–H and O–H groups in total. The molecule has 94 valence electrons. The molecule has 1 aromatic rings. The minimum Gasteiger partial charge on any atom is -0.330 e. The summed E-state index contributed by atoms with van der Waals surface area (Å²) in [6, 6.07) is 6.20. The lowest BCUT2D eigenvalue weighted by atomic mass is 9.86. The van der Waals surface area contributed by atoms with E-state index in [9.17, 15) is 4.79 Å². The lowest BCUT2D eigenvalue weighted by Crippen LogP contribution is -2.33. The highest BCUT2D eigenvalue weighted by Crippen LogP contribution is 2.40. The highest BCUT2D eigenvalue weighted by Gasteiger charge is 2.41. The molecule has 1 amide bonds. The molecule has 0 saturated heterocycles. The quantitative estimate of drug-likeness (QED) is 0.876. The van der Waals surface area contributed by atoms with Crippen LogP contribution in [0.25, 0.3) is 0 Å². The molecular weight excluding hydrogens is 236 g/mol. The summed E-state index contributed by atoms with van der Waals surface area (Å²) in [6.45, 7) is 4.58. The SMILES string of the molecule is CN1C(=O)C(C)(C)c2ccc(CCN)cc21.Cl. The molecule has 0 saturated carbocycles. The molecule has 4 heteroatoms. The summed E-state index contributed by atoms with van der Waals surface area (Å²) in [4.78, 5) is 13.8. The molecule has 0 radical (unpaired) electrons. The third-order valence-electron chi connectivity index (χ3n) is 3.37. The van der Waals surface area contributed by atoms with Gasteiger partial charge in [-0.05, 0) is 44.0 Å². The van der Waals surface area contributed by atoms with E-state index in [0.717, 1.165) is 17.7 Å². The van der Waals surface area contributed by atoms with Crippen molar-refractivity contribution in [1.82, 2.24) is 0 Å². The van der Waals surface area contributed by atoms with Crippen molar-refractivity contribution >= 4 is 24.0 Å². The molecule has 1 aliphatic rings. The third kappa shape index (κ3) is 2.05. The smallest absolute Gasteiger partial charge is 0.236 e. The zero-order valence-electron chi connectivity index (χ0n) is 10.5. The molecule has 3 nitrogen and oxygen atoms in total. The molecule has 1 aliphatic heterocycles. The average molecular weight is 255 g/mol. The van der Waals surface area contributed by atoms with Gasteiger partial charge in [-0.1, -0.05) is 12.1 Å². The van der Waals surface area contributed by atoms with E-state index < -0.39 is 5.41 Å². The molecule has 0 aliphatic carbocycles.